The van der Waals surface area contributed by atoms with Crippen LogP contribution in [0, 0.1) is 0 Å². The molecule has 8 heteroatoms. The fourth-order valence-corrected chi connectivity index (χ4v) is 3.94. The Balaban J connectivity index is 1.54. The maximum atomic E-state index is 12.4. The third kappa shape index (κ3) is 4.90. The lowest BCUT2D eigenvalue weighted by atomic mass is 9.92. The predicted octanol–water partition coefficient (Wildman–Crippen LogP) is 1.46. The van der Waals surface area contributed by atoms with Gasteiger partial charge in [0.15, 0.2) is 0 Å². The molecule has 3 rings (SSSR count). The molecule has 0 bridgehead atoms. The molecule has 1 saturated carbocycles. The third-order valence-electron chi connectivity index (χ3n) is 4.31. The number of amides is 1. The summed E-state index contributed by atoms with van der Waals surface area (Å²) in [5.74, 6) is -0.200. The zero-order valence-electron chi connectivity index (χ0n) is 14.1. The summed E-state index contributed by atoms with van der Waals surface area (Å²) in [6.07, 6.45) is 7.44. The maximum absolute atomic E-state index is 12.4. The first-order chi connectivity index (χ1) is 11.9. The average Bonchev–Trinajstić information content (AvgIpc) is 3.06. The molecular weight excluding hydrogens is 340 g/mol. The van der Waals surface area contributed by atoms with Gasteiger partial charge in [-0.3, -0.25) is 4.79 Å². The number of hydrogen-bond donors (Lipinski definition) is 2. The number of aromatic nitrogens is 2. The van der Waals surface area contributed by atoms with Crippen molar-refractivity contribution in [3.05, 3.63) is 48.5 Å². The highest BCUT2D eigenvalue weighted by molar-refractivity contribution is 7.88. The Morgan fingerprint density at radius 1 is 1.12 bits per heavy atom. The Morgan fingerprint density at radius 2 is 1.76 bits per heavy atom. The first-order valence-electron chi connectivity index (χ1n) is 8.28. The number of carbonyl (C=O) groups is 1. The smallest absolute Gasteiger partial charge is 0.271 e. The van der Waals surface area contributed by atoms with Gasteiger partial charge in [0.2, 0.25) is 10.0 Å². The van der Waals surface area contributed by atoms with Gasteiger partial charge in [-0.1, -0.05) is 18.2 Å². The fraction of sp³-hybridized carbons (Fsp3) is 0.412. The molecule has 0 atom stereocenters. The molecule has 1 aliphatic carbocycles. The summed E-state index contributed by atoms with van der Waals surface area (Å²) < 4.78 is 27.0. The molecule has 1 heterocycles. The molecule has 134 valence electrons. The quantitative estimate of drug-likeness (QED) is 0.842. The van der Waals surface area contributed by atoms with Gasteiger partial charge < -0.3 is 9.88 Å². The van der Waals surface area contributed by atoms with Crippen LogP contribution in [0.4, 0.5) is 0 Å². The van der Waals surface area contributed by atoms with Gasteiger partial charge in [-0.15, -0.1) is 0 Å². The monoisotopic (exact) mass is 362 g/mol. The lowest BCUT2D eigenvalue weighted by Gasteiger charge is -2.28. The Kier molecular flexibility index (Phi) is 5.19. The SMILES string of the molecule is CS(=O)(=O)NC1CCC(NC(=O)c2cn(-c3ccccc3)cn2)CC1. The van der Waals surface area contributed by atoms with E-state index in [1.54, 1.807) is 12.5 Å². The predicted molar refractivity (Wildman–Crippen MR) is 95.1 cm³/mol. The summed E-state index contributed by atoms with van der Waals surface area (Å²) in [6.45, 7) is 0. The first kappa shape index (κ1) is 17.6. The van der Waals surface area contributed by atoms with E-state index in [0.29, 0.717) is 5.69 Å². The Bertz CT molecular complexity index is 825. The highest BCUT2D eigenvalue weighted by atomic mass is 32.2. The van der Waals surface area contributed by atoms with E-state index in [9.17, 15) is 13.2 Å². The molecule has 7 nitrogen and oxygen atoms in total. The zero-order chi connectivity index (χ0) is 17.9. The van der Waals surface area contributed by atoms with Gasteiger partial charge in [0.25, 0.3) is 5.91 Å². The number of carbonyl (C=O) groups excluding carboxylic acids is 1. The molecule has 1 fully saturated rings. The van der Waals surface area contributed by atoms with E-state index in [0.717, 1.165) is 31.4 Å². The van der Waals surface area contributed by atoms with Crippen LogP contribution in [0.25, 0.3) is 5.69 Å². The molecule has 0 aliphatic heterocycles. The molecule has 1 amide bonds. The summed E-state index contributed by atoms with van der Waals surface area (Å²) >= 11 is 0. The lowest BCUT2D eigenvalue weighted by molar-refractivity contribution is 0.0920. The average molecular weight is 362 g/mol. The largest absolute Gasteiger partial charge is 0.348 e. The van der Waals surface area contributed by atoms with E-state index in [1.165, 1.54) is 6.26 Å². The van der Waals surface area contributed by atoms with Crippen LogP contribution in [-0.4, -0.2) is 42.2 Å². The van der Waals surface area contributed by atoms with Crippen molar-refractivity contribution >= 4 is 15.9 Å². The van der Waals surface area contributed by atoms with Gasteiger partial charge in [0.1, 0.15) is 12.0 Å². The second-order valence-corrected chi connectivity index (χ2v) is 8.19. The van der Waals surface area contributed by atoms with E-state index in [4.69, 9.17) is 0 Å². The zero-order valence-corrected chi connectivity index (χ0v) is 14.9. The molecule has 1 aromatic heterocycles. The number of para-hydroxylation sites is 1. The maximum Gasteiger partial charge on any atom is 0.271 e. The second kappa shape index (κ2) is 7.37. The number of nitrogens with zero attached hydrogens (tertiary/aromatic N) is 2. The molecule has 0 unspecified atom stereocenters. The standard InChI is InChI=1S/C17H22N4O3S/c1-25(23,24)20-14-9-7-13(8-10-14)19-17(22)16-11-21(12-18-16)15-5-3-2-4-6-15/h2-6,11-14,20H,7-10H2,1H3,(H,19,22). The van der Waals surface area contributed by atoms with E-state index in [1.807, 2.05) is 34.9 Å². The van der Waals surface area contributed by atoms with Crippen molar-refractivity contribution in [3.63, 3.8) is 0 Å². The van der Waals surface area contributed by atoms with Gasteiger partial charge in [0.05, 0.1) is 6.26 Å². The number of benzene rings is 1. The molecule has 0 radical (unpaired) electrons. The summed E-state index contributed by atoms with van der Waals surface area (Å²) in [5, 5.41) is 2.99. The third-order valence-corrected chi connectivity index (χ3v) is 5.07. The Morgan fingerprint density at radius 3 is 2.40 bits per heavy atom. The van der Waals surface area contributed by atoms with Crippen LogP contribution in [0.3, 0.4) is 0 Å². The summed E-state index contributed by atoms with van der Waals surface area (Å²) in [6, 6.07) is 9.69. The van der Waals surface area contributed by atoms with Crippen LogP contribution in [0.15, 0.2) is 42.9 Å². The number of rotatable bonds is 5. The highest BCUT2D eigenvalue weighted by Crippen LogP contribution is 2.19. The molecule has 0 spiro atoms. The molecule has 1 aliphatic rings. The van der Waals surface area contributed by atoms with Gasteiger partial charge in [-0.25, -0.2) is 18.1 Å². The normalized spacial score (nSPS) is 21.0. The van der Waals surface area contributed by atoms with E-state index in [2.05, 4.69) is 15.0 Å². The van der Waals surface area contributed by atoms with Crippen LogP contribution >= 0.6 is 0 Å². The molecule has 2 N–H and O–H groups in total. The van der Waals surface area contributed by atoms with Crippen LogP contribution < -0.4 is 10.0 Å². The number of imidazole rings is 1. The number of sulfonamides is 1. The van der Waals surface area contributed by atoms with E-state index >= 15 is 0 Å². The van der Waals surface area contributed by atoms with Crippen molar-refractivity contribution in [2.75, 3.05) is 6.26 Å². The van der Waals surface area contributed by atoms with Crippen molar-refractivity contribution in [1.82, 2.24) is 19.6 Å². The lowest BCUT2D eigenvalue weighted by Crippen LogP contribution is -2.43. The van der Waals surface area contributed by atoms with Gasteiger partial charge in [-0.05, 0) is 37.8 Å². The van der Waals surface area contributed by atoms with Crippen LogP contribution in [0.2, 0.25) is 0 Å². The molecule has 1 aromatic carbocycles. The van der Waals surface area contributed by atoms with Gasteiger partial charge in [-0.2, -0.15) is 0 Å². The molecule has 2 aromatic rings. The van der Waals surface area contributed by atoms with E-state index in [-0.39, 0.29) is 18.0 Å². The Labute approximate surface area is 147 Å². The van der Waals surface area contributed by atoms with Crippen molar-refractivity contribution in [2.24, 2.45) is 0 Å². The number of hydrogen-bond acceptors (Lipinski definition) is 4. The van der Waals surface area contributed by atoms with Crippen molar-refractivity contribution < 1.29 is 13.2 Å². The van der Waals surface area contributed by atoms with Crippen LogP contribution in [-0.2, 0) is 10.0 Å². The van der Waals surface area contributed by atoms with Crippen molar-refractivity contribution in [1.29, 1.82) is 0 Å². The summed E-state index contributed by atoms with van der Waals surface area (Å²) in [5.41, 5.74) is 1.32. The topological polar surface area (TPSA) is 93.1 Å². The van der Waals surface area contributed by atoms with E-state index < -0.39 is 10.0 Å². The molecule has 0 saturated heterocycles. The molecule has 25 heavy (non-hydrogen) atoms. The summed E-state index contributed by atoms with van der Waals surface area (Å²) in [4.78, 5) is 16.6. The minimum atomic E-state index is -3.18. The van der Waals surface area contributed by atoms with Crippen LogP contribution in [0.5, 0.6) is 0 Å². The Hall–Kier alpha value is -2.19. The second-order valence-electron chi connectivity index (χ2n) is 6.41. The van der Waals surface area contributed by atoms with Gasteiger partial charge in [0, 0.05) is 24.0 Å². The summed E-state index contributed by atoms with van der Waals surface area (Å²) in [7, 11) is -3.18. The minimum absolute atomic E-state index is 0.0413. The van der Waals surface area contributed by atoms with Crippen LogP contribution in [0.1, 0.15) is 36.2 Å². The first-order valence-corrected chi connectivity index (χ1v) is 10.2. The fourth-order valence-electron chi connectivity index (χ4n) is 3.10. The number of nitrogens with one attached hydrogen (secondary N) is 2. The van der Waals surface area contributed by atoms with Crippen molar-refractivity contribution in [2.45, 2.75) is 37.8 Å². The van der Waals surface area contributed by atoms with Gasteiger partial charge >= 0.3 is 0 Å². The van der Waals surface area contributed by atoms with Crippen molar-refractivity contribution in [3.8, 4) is 5.69 Å². The minimum Gasteiger partial charge on any atom is -0.348 e. The highest BCUT2D eigenvalue weighted by Gasteiger charge is 2.25. The molecular formula is C17H22N4O3S.